The van der Waals surface area contributed by atoms with Crippen LogP contribution >= 0.6 is 0 Å². The number of anilines is 1. The van der Waals surface area contributed by atoms with Crippen LogP contribution in [0.3, 0.4) is 0 Å². The molecule has 2 aliphatic rings. The highest BCUT2D eigenvalue weighted by Gasteiger charge is 2.44. The fourth-order valence-electron chi connectivity index (χ4n) is 4.35. The van der Waals surface area contributed by atoms with E-state index in [0.29, 0.717) is 36.8 Å². The average Bonchev–Trinajstić information content (AvgIpc) is 3.08. The fraction of sp³-hybridized carbons (Fsp3) is 0.385. The van der Waals surface area contributed by atoms with Gasteiger partial charge in [-0.25, -0.2) is 0 Å². The Bertz CT molecular complexity index is 1110. The van der Waals surface area contributed by atoms with Crippen LogP contribution in [-0.2, 0) is 9.59 Å². The van der Waals surface area contributed by atoms with Crippen molar-refractivity contribution in [3.8, 4) is 11.5 Å². The normalized spacial score (nSPS) is 19.1. The summed E-state index contributed by atoms with van der Waals surface area (Å²) in [5.41, 5.74) is 2.01. The van der Waals surface area contributed by atoms with Crippen molar-refractivity contribution in [2.24, 2.45) is 0 Å². The number of ketones is 1. The molecule has 2 heterocycles. The van der Waals surface area contributed by atoms with E-state index in [0.717, 1.165) is 24.2 Å². The molecule has 34 heavy (non-hydrogen) atoms. The predicted octanol–water partition coefficient (Wildman–Crippen LogP) is 0.282. The minimum absolute atomic E-state index is 0.0171. The summed E-state index contributed by atoms with van der Waals surface area (Å²) in [4.78, 5) is 31.0. The lowest BCUT2D eigenvalue weighted by molar-refractivity contribution is -0.858. The molecule has 2 aliphatic heterocycles. The van der Waals surface area contributed by atoms with E-state index in [-0.39, 0.29) is 5.57 Å². The van der Waals surface area contributed by atoms with Gasteiger partial charge in [-0.1, -0.05) is 24.0 Å². The van der Waals surface area contributed by atoms with E-state index < -0.39 is 23.5 Å². The Kier molecular flexibility index (Phi) is 6.79. The number of carbonyl (C=O) groups is 2. The standard InChI is InChI=1S/C26H31N3O5/c1-27(2)12-5-13-29-23(17-6-9-19(10-7-17)28(3)4)22(25(31)26(29)32)24(30)18-8-11-20-21(16-18)34-15-14-33-20/h6-11,16,23,30H,5,12-15H2,1-4H3. The molecule has 1 unspecified atom stereocenters. The van der Waals surface area contributed by atoms with Crippen molar-refractivity contribution in [3.05, 3.63) is 59.2 Å². The molecule has 2 aromatic carbocycles. The van der Waals surface area contributed by atoms with Crippen LogP contribution < -0.4 is 24.4 Å². The molecule has 1 saturated heterocycles. The van der Waals surface area contributed by atoms with Gasteiger partial charge in [-0.2, -0.15) is 0 Å². The summed E-state index contributed by atoms with van der Waals surface area (Å²) in [6.45, 7) is 2.07. The number of ether oxygens (including phenoxy) is 2. The monoisotopic (exact) mass is 465 g/mol. The first-order valence-electron chi connectivity index (χ1n) is 11.5. The van der Waals surface area contributed by atoms with Crippen LogP contribution in [0.15, 0.2) is 48.0 Å². The second kappa shape index (κ2) is 9.77. The molecule has 8 heteroatoms. The van der Waals surface area contributed by atoms with Crippen molar-refractivity contribution in [1.29, 1.82) is 0 Å². The molecule has 0 bridgehead atoms. The number of likely N-dealkylation sites (tertiary alicyclic amines) is 1. The zero-order chi connectivity index (χ0) is 24.4. The van der Waals surface area contributed by atoms with Gasteiger partial charge in [0.15, 0.2) is 11.5 Å². The first-order chi connectivity index (χ1) is 16.3. The highest BCUT2D eigenvalue weighted by molar-refractivity contribution is 6.46. The van der Waals surface area contributed by atoms with Gasteiger partial charge in [0.05, 0.1) is 26.7 Å². The van der Waals surface area contributed by atoms with Crippen LogP contribution in [0.1, 0.15) is 23.6 Å². The number of rotatable bonds is 7. The van der Waals surface area contributed by atoms with Crippen LogP contribution in [0.4, 0.5) is 5.69 Å². The largest absolute Gasteiger partial charge is 0.872 e. The molecule has 0 spiro atoms. The van der Waals surface area contributed by atoms with Gasteiger partial charge in [0, 0.05) is 38.3 Å². The first kappa shape index (κ1) is 23.6. The minimum Gasteiger partial charge on any atom is -0.872 e. The van der Waals surface area contributed by atoms with Crippen LogP contribution in [0.25, 0.3) is 5.76 Å². The van der Waals surface area contributed by atoms with E-state index in [9.17, 15) is 14.7 Å². The maximum atomic E-state index is 13.6. The van der Waals surface area contributed by atoms with E-state index >= 15 is 0 Å². The molecule has 1 fully saturated rings. The van der Waals surface area contributed by atoms with E-state index in [1.54, 1.807) is 23.1 Å². The molecule has 4 rings (SSSR count). The number of hydrogen-bond donors (Lipinski definition) is 1. The van der Waals surface area contributed by atoms with Gasteiger partial charge in [-0.15, -0.1) is 0 Å². The third-order valence-corrected chi connectivity index (χ3v) is 6.13. The van der Waals surface area contributed by atoms with Gasteiger partial charge < -0.3 is 29.3 Å². The van der Waals surface area contributed by atoms with Crippen molar-refractivity contribution in [2.75, 3.05) is 59.4 Å². The summed E-state index contributed by atoms with van der Waals surface area (Å²) in [5.74, 6) is -0.801. The van der Waals surface area contributed by atoms with E-state index in [2.05, 4.69) is 0 Å². The molecular formula is C26H31N3O5. The van der Waals surface area contributed by atoms with Crippen LogP contribution in [0, 0.1) is 0 Å². The molecule has 0 radical (unpaired) electrons. The second-order valence-corrected chi connectivity index (χ2v) is 9.13. The molecular weight excluding hydrogens is 434 g/mol. The Hall–Kier alpha value is -3.52. The zero-order valence-electron chi connectivity index (χ0n) is 20.1. The summed E-state index contributed by atoms with van der Waals surface area (Å²) in [7, 11) is 7.96. The van der Waals surface area contributed by atoms with Gasteiger partial charge in [-0.3, -0.25) is 9.59 Å². The maximum Gasteiger partial charge on any atom is 0.295 e. The van der Waals surface area contributed by atoms with Crippen molar-refractivity contribution in [2.45, 2.75) is 12.5 Å². The topological polar surface area (TPSA) is 86.6 Å². The number of quaternary nitrogens is 1. The Balaban J connectivity index is 1.78. The fourth-order valence-corrected chi connectivity index (χ4v) is 4.35. The lowest BCUT2D eigenvalue weighted by atomic mass is 9.95. The number of nitrogens with one attached hydrogen (secondary N) is 1. The molecule has 1 atom stereocenters. The molecule has 0 aromatic heterocycles. The van der Waals surface area contributed by atoms with Crippen molar-refractivity contribution in [1.82, 2.24) is 4.90 Å². The van der Waals surface area contributed by atoms with Gasteiger partial charge in [0.25, 0.3) is 5.91 Å². The predicted molar refractivity (Wildman–Crippen MR) is 127 cm³/mol. The zero-order valence-corrected chi connectivity index (χ0v) is 20.1. The Morgan fingerprint density at radius 1 is 1.06 bits per heavy atom. The lowest BCUT2D eigenvalue weighted by Crippen LogP contribution is -3.05. The SMILES string of the molecule is CN(C)c1ccc(C2C(=C([O-])c3ccc4c(c3)OCCO4)C(=O)C(=O)N2CCC[NH+](C)C)cc1. The summed E-state index contributed by atoms with van der Waals surface area (Å²) in [5, 5.41) is 13.6. The van der Waals surface area contributed by atoms with Gasteiger partial charge >= 0.3 is 0 Å². The second-order valence-electron chi connectivity index (χ2n) is 9.13. The molecule has 0 saturated carbocycles. The van der Waals surface area contributed by atoms with E-state index in [4.69, 9.17) is 9.47 Å². The van der Waals surface area contributed by atoms with Crippen LogP contribution in [0.5, 0.6) is 11.5 Å². The van der Waals surface area contributed by atoms with Gasteiger partial charge in [-0.05, 0) is 35.4 Å². The summed E-state index contributed by atoms with van der Waals surface area (Å²) < 4.78 is 11.2. The van der Waals surface area contributed by atoms with Crippen LogP contribution in [0.2, 0.25) is 0 Å². The molecule has 8 nitrogen and oxygen atoms in total. The van der Waals surface area contributed by atoms with E-state index in [1.807, 2.05) is 57.4 Å². The number of hydrogen-bond acceptors (Lipinski definition) is 6. The molecule has 2 aromatic rings. The molecule has 180 valence electrons. The molecule has 0 aliphatic carbocycles. The van der Waals surface area contributed by atoms with E-state index in [1.165, 1.54) is 4.90 Å². The smallest absolute Gasteiger partial charge is 0.295 e. The molecule has 1 amide bonds. The molecule has 1 N–H and O–H groups in total. The van der Waals surface area contributed by atoms with Crippen molar-refractivity contribution < 1.29 is 29.1 Å². The average molecular weight is 466 g/mol. The highest BCUT2D eigenvalue weighted by Crippen LogP contribution is 2.40. The Morgan fingerprint density at radius 2 is 1.74 bits per heavy atom. The summed E-state index contributed by atoms with van der Waals surface area (Å²) in [6.07, 6.45) is 0.721. The number of fused-ring (bicyclic) bond motifs is 1. The minimum atomic E-state index is -0.737. The number of nitrogens with zero attached hydrogens (tertiary/aromatic N) is 2. The Morgan fingerprint density at radius 3 is 2.38 bits per heavy atom. The summed E-state index contributed by atoms with van der Waals surface area (Å²) in [6, 6.07) is 11.8. The number of benzene rings is 2. The number of amides is 1. The van der Waals surface area contributed by atoms with Crippen molar-refractivity contribution in [3.63, 3.8) is 0 Å². The van der Waals surface area contributed by atoms with Gasteiger partial charge in [0.2, 0.25) is 5.78 Å². The number of carbonyl (C=O) groups excluding carboxylic acids is 2. The Labute approximate surface area is 200 Å². The van der Waals surface area contributed by atoms with Crippen molar-refractivity contribution >= 4 is 23.1 Å². The quantitative estimate of drug-likeness (QED) is 0.359. The third kappa shape index (κ3) is 4.59. The summed E-state index contributed by atoms with van der Waals surface area (Å²) >= 11 is 0. The first-order valence-corrected chi connectivity index (χ1v) is 11.5. The maximum absolute atomic E-state index is 13.6. The third-order valence-electron chi connectivity index (χ3n) is 6.13. The van der Waals surface area contributed by atoms with Crippen LogP contribution in [-0.4, -0.2) is 71.1 Å². The lowest BCUT2D eigenvalue weighted by Gasteiger charge is -2.28. The van der Waals surface area contributed by atoms with Gasteiger partial charge in [0.1, 0.15) is 13.2 Å². The highest BCUT2D eigenvalue weighted by atomic mass is 16.6. The number of Topliss-reactive ketones (excluding diaryl/α,β-unsaturated/α-hetero) is 1.